The number of unbranched alkanes of at least 4 members (excludes halogenated alkanes) is 1. The van der Waals surface area contributed by atoms with Gasteiger partial charge >= 0.3 is 6.18 Å². The van der Waals surface area contributed by atoms with Gasteiger partial charge in [0, 0.05) is 23.3 Å². The van der Waals surface area contributed by atoms with E-state index >= 15 is 0 Å². The molecule has 0 bridgehead atoms. The molecule has 5 N–H and O–H groups in total. The third-order valence-electron chi connectivity index (χ3n) is 3.89. The second-order valence-corrected chi connectivity index (χ2v) is 5.85. The molecule has 0 saturated carbocycles. The molecule has 136 valence electrons. The number of rotatable bonds is 6. The Balaban J connectivity index is 2.40. The number of aryl methyl sites for hydroxylation is 1. The van der Waals surface area contributed by atoms with Crippen molar-refractivity contribution in [3.05, 3.63) is 35.0 Å². The summed E-state index contributed by atoms with van der Waals surface area (Å²) in [4.78, 5) is 16.2. The summed E-state index contributed by atoms with van der Waals surface area (Å²) in [6, 6.07) is 4.09. The topological polar surface area (TPSA) is 94.0 Å². The molecule has 8 heteroatoms. The number of anilines is 1. The van der Waals surface area contributed by atoms with Gasteiger partial charge in [0.15, 0.2) is 0 Å². The van der Waals surface area contributed by atoms with Crippen LogP contribution in [0.15, 0.2) is 18.2 Å². The fraction of sp³-hybridized carbons (Fsp3) is 0.412. The van der Waals surface area contributed by atoms with Crippen LogP contribution in [0, 0.1) is 6.92 Å². The van der Waals surface area contributed by atoms with E-state index in [-0.39, 0.29) is 28.6 Å². The number of nitrogens with zero attached hydrogens (tertiary/aromatic N) is 1. The first-order valence-corrected chi connectivity index (χ1v) is 7.96. The van der Waals surface area contributed by atoms with E-state index in [4.69, 9.17) is 11.5 Å². The summed E-state index contributed by atoms with van der Waals surface area (Å²) in [7, 11) is 0. The van der Waals surface area contributed by atoms with Crippen molar-refractivity contribution in [2.75, 3.05) is 18.8 Å². The van der Waals surface area contributed by atoms with Crippen LogP contribution in [0.3, 0.4) is 0 Å². The lowest BCUT2D eigenvalue weighted by Gasteiger charge is -2.18. The maximum atomic E-state index is 13.7. The van der Waals surface area contributed by atoms with Gasteiger partial charge in [-0.2, -0.15) is 13.2 Å². The number of fused-ring (bicyclic) bond motifs is 1. The SMILES string of the molecule is Cc1nc2cc(N)ccc2c(C(F)(F)F)c1CC(=O)NCCCCN. The summed E-state index contributed by atoms with van der Waals surface area (Å²) in [5.41, 5.74) is 10.7. The van der Waals surface area contributed by atoms with Gasteiger partial charge in [-0.15, -0.1) is 0 Å². The summed E-state index contributed by atoms with van der Waals surface area (Å²) in [5, 5.41) is 2.56. The minimum absolute atomic E-state index is 0.0572. The lowest BCUT2D eigenvalue weighted by molar-refractivity contribution is -0.137. The predicted molar refractivity (Wildman–Crippen MR) is 90.9 cm³/mol. The Bertz CT molecular complexity index is 775. The third kappa shape index (κ3) is 4.60. The van der Waals surface area contributed by atoms with E-state index in [1.165, 1.54) is 25.1 Å². The van der Waals surface area contributed by atoms with Crippen molar-refractivity contribution >= 4 is 22.5 Å². The van der Waals surface area contributed by atoms with Crippen LogP contribution in [0.5, 0.6) is 0 Å². The number of carbonyl (C=O) groups excluding carboxylic acids is 1. The highest BCUT2D eigenvalue weighted by atomic mass is 19.4. The number of hydrogen-bond acceptors (Lipinski definition) is 4. The Morgan fingerprint density at radius 3 is 2.64 bits per heavy atom. The highest BCUT2D eigenvalue weighted by Crippen LogP contribution is 2.38. The van der Waals surface area contributed by atoms with Crippen molar-refractivity contribution in [2.24, 2.45) is 5.73 Å². The van der Waals surface area contributed by atoms with Crippen LogP contribution in [-0.2, 0) is 17.4 Å². The molecule has 0 spiro atoms. The quantitative estimate of drug-likeness (QED) is 0.549. The van der Waals surface area contributed by atoms with Gasteiger partial charge in [0.25, 0.3) is 0 Å². The van der Waals surface area contributed by atoms with Gasteiger partial charge < -0.3 is 16.8 Å². The van der Waals surface area contributed by atoms with Crippen LogP contribution in [0.4, 0.5) is 18.9 Å². The van der Waals surface area contributed by atoms with Crippen molar-refractivity contribution in [2.45, 2.75) is 32.4 Å². The third-order valence-corrected chi connectivity index (χ3v) is 3.89. The zero-order valence-electron chi connectivity index (χ0n) is 13.9. The fourth-order valence-electron chi connectivity index (χ4n) is 2.70. The summed E-state index contributed by atoms with van der Waals surface area (Å²) in [6.07, 6.45) is -3.55. The number of benzene rings is 1. The first-order valence-electron chi connectivity index (χ1n) is 7.96. The van der Waals surface area contributed by atoms with E-state index < -0.39 is 17.6 Å². The molecule has 1 heterocycles. The standard InChI is InChI=1S/C17H21F3N4O/c1-10-13(9-15(25)23-7-3-2-6-21)16(17(18,19)20)12-5-4-11(22)8-14(12)24-10/h4-5,8H,2-3,6-7,9,21-22H2,1H3,(H,23,25). The Labute approximate surface area is 143 Å². The number of nitrogens with one attached hydrogen (secondary N) is 1. The predicted octanol–water partition coefficient (Wildman–Crippen LogP) is 2.54. The van der Waals surface area contributed by atoms with E-state index in [1.807, 2.05) is 0 Å². The smallest absolute Gasteiger partial charge is 0.399 e. The number of nitrogens with two attached hydrogens (primary N) is 2. The maximum absolute atomic E-state index is 13.7. The van der Waals surface area contributed by atoms with Crippen LogP contribution in [0.2, 0.25) is 0 Å². The van der Waals surface area contributed by atoms with Crippen molar-refractivity contribution in [3.8, 4) is 0 Å². The molecule has 1 aromatic heterocycles. The van der Waals surface area contributed by atoms with Gasteiger partial charge in [-0.25, -0.2) is 0 Å². The van der Waals surface area contributed by atoms with Crippen LogP contribution in [-0.4, -0.2) is 24.0 Å². The number of hydrogen-bond donors (Lipinski definition) is 3. The molecule has 0 aliphatic heterocycles. The molecule has 25 heavy (non-hydrogen) atoms. The van der Waals surface area contributed by atoms with E-state index in [9.17, 15) is 18.0 Å². The Morgan fingerprint density at radius 1 is 1.28 bits per heavy atom. The van der Waals surface area contributed by atoms with Gasteiger partial charge in [-0.05, 0) is 44.0 Å². The number of amides is 1. The molecule has 0 saturated heterocycles. The normalized spacial score (nSPS) is 11.7. The monoisotopic (exact) mass is 354 g/mol. The molecule has 2 aromatic rings. The Morgan fingerprint density at radius 2 is 2.00 bits per heavy atom. The molecule has 1 amide bonds. The molecule has 0 unspecified atom stereocenters. The van der Waals surface area contributed by atoms with Crippen LogP contribution < -0.4 is 16.8 Å². The minimum Gasteiger partial charge on any atom is -0.399 e. The van der Waals surface area contributed by atoms with Crippen LogP contribution >= 0.6 is 0 Å². The van der Waals surface area contributed by atoms with Gasteiger partial charge in [-0.3, -0.25) is 9.78 Å². The fourth-order valence-corrected chi connectivity index (χ4v) is 2.70. The molecule has 0 aliphatic carbocycles. The van der Waals surface area contributed by atoms with Crippen LogP contribution in [0.25, 0.3) is 10.9 Å². The summed E-state index contributed by atoms with van der Waals surface area (Å²) in [6.45, 7) is 2.35. The first kappa shape index (κ1) is 19.0. The first-order chi connectivity index (χ1) is 11.7. The second kappa shape index (κ2) is 7.69. The number of alkyl halides is 3. The molecule has 0 atom stereocenters. The number of carbonyl (C=O) groups is 1. The van der Waals surface area contributed by atoms with Gasteiger partial charge in [0.1, 0.15) is 0 Å². The molecule has 0 aliphatic rings. The van der Waals surface area contributed by atoms with E-state index in [0.29, 0.717) is 25.2 Å². The molecular formula is C17H21F3N4O. The number of pyridine rings is 1. The minimum atomic E-state index is -4.60. The van der Waals surface area contributed by atoms with Crippen molar-refractivity contribution in [3.63, 3.8) is 0 Å². The van der Waals surface area contributed by atoms with Gasteiger partial charge in [-0.1, -0.05) is 6.07 Å². The number of halogens is 3. The van der Waals surface area contributed by atoms with E-state index in [1.54, 1.807) is 0 Å². The van der Waals surface area contributed by atoms with E-state index in [0.717, 1.165) is 6.42 Å². The zero-order valence-corrected chi connectivity index (χ0v) is 13.9. The Hall–Kier alpha value is -2.35. The zero-order chi connectivity index (χ0) is 18.6. The molecule has 0 radical (unpaired) electrons. The molecule has 1 aromatic carbocycles. The van der Waals surface area contributed by atoms with E-state index in [2.05, 4.69) is 10.3 Å². The average Bonchev–Trinajstić information content (AvgIpc) is 2.51. The number of aromatic nitrogens is 1. The number of nitrogen functional groups attached to an aromatic ring is 1. The lowest BCUT2D eigenvalue weighted by atomic mass is 9.97. The Kier molecular flexibility index (Phi) is 5.84. The van der Waals surface area contributed by atoms with Crippen molar-refractivity contribution in [1.29, 1.82) is 0 Å². The van der Waals surface area contributed by atoms with Crippen LogP contribution in [0.1, 0.15) is 29.7 Å². The second-order valence-electron chi connectivity index (χ2n) is 5.85. The molecule has 2 rings (SSSR count). The largest absolute Gasteiger partial charge is 0.417 e. The summed E-state index contributed by atoms with van der Waals surface area (Å²) >= 11 is 0. The lowest BCUT2D eigenvalue weighted by Crippen LogP contribution is -2.28. The summed E-state index contributed by atoms with van der Waals surface area (Å²) < 4.78 is 41.0. The highest BCUT2D eigenvalue weighted by molar-refractivity contribution is 5.89. The van der Waals surface area contributed by atoms with Crippen molar-refractivity contribution in [1.82, 2.24) is 10.3 Å². The molecule has 0 fully saturated rings. The highest BCUT2D eigenvalue weighted by Gasteiger charge is 2.37. The molecular weight excluding hydrogens is 333 g/mol. The van der Waals surface area contributed by atoms with Crippen molar-refractivity contribution < 1.29 is 18.0 Å². The summed E-state index contributed by atoms with van der Waals surface area (Å²) in [5.74, 6) is -0.470. The maximum Gasteiger partial charge on any atom is 0.417 e. The molecule has 5 nitrogen and oxygen atoms in total. The van der Waals surface area contributed by atoms with Gasteiger partial charge in [0.05, 0.1) is 17.5 Å². The van der Waals surface area contributed by atoms with Gasteiger partial charge in [0.2, 0.25) is 5.91 Å². The average molecular weight is 354 g/mol.